The average molecular weight is 456 g/mol. The van der Waals surface area contributed by atoms with Crippen LogP contribution in [-0.2, 0) is 0 Å². The van der Waals surface area contributed by atoms with Crippen LogP contribution in [0.25, 0.3) is 27.9 Å². The molecular formula is C19H11Cl2N7O3. The molecule has 3 aromatic heterocycles. The fourth-order valence-electron chi connectivity index (χ4n) is 3.28. The Balaban J connectivity index is 1.64. The standard InChI is InChI=1S/C19H11Cl2N7O3/c1-9-23-18(26-31-9)10-5-11(20)16(12(21)6-10)25-19-15-7-22-8-27(15)17-13(24-19)3-2-4-14(17)28(29)30/h2-8H,1H3,(H,24,25). The summed E-state index contributed by atoms with van der Waals surface area (Å²) >= 11 is 13.0. The van der Waals surface area contributed by atoms with Crippen molar-refractivity contribution >= 4 is 56.9 Å². The predicted octanol–water partition coefficient (Wildman–Crippen LogP) is 5.20. The molecule has 31 heavy (non-hydrogen) atoms. The van der Waals surface area contributed by atoms with Crippen molar-refractivity contribution < 1.29 is 9.45 Å². The van der Waals surface area contributed by atoms with Gasteiger partial charge in [0.25, 0.3) is 5.69 Å². The zero-order chi connectivity index (χ0) is 21.7. The molecule has 0 aliphatic carbocycles. The van der Waals surface area contributed by atoms with E-state index in [-0.39, 0.29) is 5.69 Å². The van der Waals surface area contributed by atoms with Crippen molar-refractivity contribution in [1.82, 2.24) is 24.5 Å². The van der Waals surface area contributed by atoms with E-state index in [9.17, 15) is 10.1 Å². The van der Waals surface area contributed by atoms with Gasteiger partial charge in [-0.05, 0) is 18.2 Å². The van der Waals surface area contributed by atoms with E-state index in [1.807, 2.05) is 0 Å². The molecule has 0 saturated heterocycles. The summed E-state index contributed by atoms with van der Waals surface area (Å²) in [5, 5.41) is 19.1. The maximum absolute atomic E-state index is 11.5. The Kier molecular flexibility index (Phi) is 4.45. The number of non-ortho nitro benzene ring substituents is 1. The van der Waals surface area contributed by atoms with Crippen molar-refractivity contribution in [2.45, 2.75) is 6.92 Å². The summed E-state index contributed by atoms with van der Waals surface area (Å²) in [5.41, 5.74) is 2.20. The molecule has 2 aromatic carbocycles. The minimum absolute atomic E-state index is 0.0737. The van der Waals surface area contributed by atoms with Gasteiger partial charge in [0.2, 0.25) is 11.7 Å². The summed E-state index contributed by atoms with van der Waals surface area (Å²) in [4.78, 5) is 23.9. The second-order valence-corrected chi connectivity index (χ2v) is 7.40. The Labute approximate surface area is 183 Å². The molecule has 0 saturated carbocycles. The number of anilines is 2. The van der Waals surface area contributed by atoms with E-state index < -0.39 is 4.92 Å². The first-order chi connectivity index (χ1) is 14.9. The summed E-state index contributed by atoms with van der Waals surface area (Å²) in [6.07, 6.45) is 3.03. The molecule has 3 heterocycles. The Bertz CT molecular complexity index is 1470. The first-order valence-corrected chi connectivity index (χ1v) is 9.64. The average Bonchev–Trinajstić information content (AvgIpc) is 3.39. The van der Waals surface area contributed by atoms with Gasteiger partial charge in [0.05, 0.1) is 32.4 Å². The van der Waals surface area contributed by atoms with Gasteiger partial charge in [0, 0.05) is 18.6 Å². The number of aryl methyl sites for hydroxylation is 1. The van der Waals surface area contributed by atoms with Crippen molar-refractivity contribution in [3.05, 3.63) is 68.9 Å². The van der Waals surface area contributed by atoms with Crippen LogP contribution in [0.2, 0.25) is 10.0 Å². The third-order valence-corrected chi connectivity index (χ3v) is 5.21. The van der Waals surface area contributed by atoms with Crippen LogP contribution in [0.4, 0.5) is 17.2 Å². The van der Waals surface area contributed by atoms with Gasteiger partial charge < -0.3 is 9.84 Å². The molecule has 12 heteroatoms. The quantitative estimate of drug-likeness (QED) is 0.289. The van der Waals surface area contributed by atoms with Gasteiger partial charge in [-0.2, -0.15) is 4.98 Å². The van der Waals surface area contributed by atoms with E-state index in [0.29, 0.717) is 55.4 Å². The predicted molar refractivity (Wildman–Crippen MR) is 115 cm³/mol. The minimum atomic E-state index is -0.456. The fraction of sp³-hybridized carbons (Fsp3) is 0.0526. The van der Waals surface area contributed by atoms with Gasteiger partial charge in [-0.15, -0.1) is 0 Å². The van der Waals surface area contributed by atoms with Crippen LogP contribution in [0, 0.1) is 17.0 Å². The number of nitrogens with zero attached hydrogens (tertiary/aromatic N) is 6. The largest absolute Gasteiger partial charge is 0.339 e. The Morgan fingerprint density at radius 3 is 2.65 bits per heavy atom. The maximum Gasteiger partial charge on any atom is 0.295 e. The number of hydrogen-bond acceptors (Lipinski definition) is 8. The molecule has 5 aromatic rings. The first-order valence-electron chi connectivity index (χ1n) is 8.88. The highest BCUT2D eigenvalue weighted by Gasteiger charge is 2.20. The molecule has 154 valence electrons. The van der Waals surface area contributed by atoms with Gasteiger partial charge in [0.15, 0.2) is 11.3 Å². The van der Waals surface area contributed by atoms with E-state index in [1.54, 1.807) is 41.8 Å². The number of hydrogen-bond donors (Lipinski definition) is 1. The number of imidazole rings is 1. The number of benzene rings is 2. The fourth-order valence-corrected chi connectivity index (χ4v) is 3.86. The normalized spacial score (nSPS) is 11.3. The van der Waals surface area contributed by atoms with Crippen LogP contribution in [0.3, 0.4) is 0 Å². The number of aromatic nitrogens is 5. The van der Waals surface area contributed by atoms with Crippen LogP contribution in [0.5, 0.6) is 0 Å². The Hall–Kier alpha value is -3.76. The molecule has 0 spiro atoms. The third-order valence-electron chi connectivity index (χ3n) is 4.62. The SMILES string of the molecule is Cc1nc(-c2cc(Cl)c(Nc3nc4cccc([N+](=O)[O-])c4n4cncc34)c(Cl)c2)no1. The van der Waals surface area contributed by atoms with E-state index in [0.717, 1.165) is 0 Å². The molecular weight excluding hydrogens is 445 g/mol. The molecule has 0 aliphatic heterocycles. The summed E-state index contributed by atoms with van der Waals surface area (Å²) < 4.78 is 6.60. The zero-order valence-corrected chi connectivity index (χ0v) is 17.2. The van der Waals surface area contributed by atoms with Crippen LogP contribution in [0.1, 0.15) is 5.89 Å². The van der Waals surface area contributed by atoms with E-state index in [4.69, 9.17) is 27.7 Å². The molecule has 0 unspecified atom stereocenters. The van der Waals surface area contributed by atoms with Crippen molar-refractivity contribution in [1.29, 1.82) is 0 Å². The number of para-hydroxylation sites is 1. The number of nitrogens with one attached hydrogen (secondary N) is 1. The van der Waals surface area contributed by atoms with Crippen LogP contribution >= 0.6 is 23.2 Å². The number of fused-ring (bicyclic) bond motifs is 3. The van der Waals surface area contributed by atoms with E-state index >= 15 is 0 Å². The zero-order valence-electron chi connectivity index (χ0n) is 15.7. The number of rotatable bonds is 4. The van der Waals surface area contributed by atoms with Gasteiger partial charge >= 0.3 is 0 Å². The lowest BCUT2D eigenvalue weighted by molar-refractivity contribution is -0.383. The van der Waals surface area contributed by atoms with Gasteiger partial charge in [0.1, 0.15) is 11.8 Å². The van der Waals surface area contributed by atoms with Crippen LogP contribution < -0.4 is 5.32 Å². The highest BCUT2D eigenvalue weighted by atomic mass is 35.5. The third kappa shape index (κ3) is 3.22. The molecule has 10 nitrogen and oxygen atoms in total. The van der Waals surface area contributed by atoms with Gasteiger partial charge in [-0.1, -0.05) is 34.4 Å². The molecule has 0 bridgehead atoms. The summed E-state index contributed by atoms with van der Waals surface area (Å²) in [7, 11) is 0. The molecule has 5 rings (SSSR count). The first kappa shape index (κ1) is 19.2. The van der Waals surface area contributed by atoms with Crippen LogP contribution in [0.15, 0.2) is 47.4 Å². The topological polar surface area (TPSA) is 124 Å². The Morgan fingerprint density at radius 1 is 1.19 bits per heavy atom. The van der Waals surface area contributed by atoms with Crippen LogP contribution in [-0.4, -0.2) is 29.4 Å². The second-order valence-electron chi connectivity index (χ2n) is 6.59. The lowest BCUT2D eigenvalue weighted by atomic mass is 10.2. The van der Waals surface area contributed by atoms with Crippen molar-refractivity contribution in [2.24, 2.45) is 0 Å². The molecule has 0 aliphatic rings. The van der Waals surface area contributed by atoms with Crippen molar-refractivity contribution in [3.8, 4) is 11.4 Å². The van der Waals surface area contributed by atoms with Crippen molar-refractivity contribution in [2.75, 3.05) is 5.32 Å². The molecule has 0 radical (unpaired) electrons. The minimum Gasteiger partial charge on any atom is -0.339 e. The lowest BCUT2D eigenvalue weighted by Gasteiger charge is -2.13. The summed E-state index contributed by atoms with van der Waals surface area (Å²) in [6.45, 7) is 1.68. The highest BCUT2D eigenvalue weighted by Crippen LogP contribution is 2.38. The maximum atomic E-state index is 11.5. The highest BCUT2D eigenvalue weighted by molar-refractivity contribution is 6.39. The smallest absolute Gasteiger partial charge is 0.295 e. The number of halogens is 2. The van der Waals surface area contributed by atoms with Gasteiger partial charge in [-0.3, -0.25) is 14.5 Å². The molecule has 1 N–H and O–H groups in total. The number of nitro groups is 1. The Morgan fingerprint density at radius 2 is 1.97 bits per heavy atom. The lowest BCUT2D eigenvalue weighted by Crippen LogP contribution is -2.02. The van der Waals surface area contributed by atoms with Gasteiger partial charge in [-0.25, -0.2) is 9.97 Å². The molecule has 0 atom stereocenters. The monoisotopic (exact) mass is 455 g/mol. The summed E-state index contributed by atoms with van der Waals surface area (Å²) in [6, 6.07) is 7.97. The van der Waals surface area contributed by atoms with E-state index in [2.05, 4.69) is 25.4 Å². The molecule has 0 fully saturated rings. The molecule has 0 amide bonds. The van der Waals surface area contributed by atoms with Crippen molar-refractivity contribution in [3.63, 3.8) is 0 Å². The second kappa shape index (κ2) is 7.18. The summed E-state index contributed by atoms with van der Waals surface area (Å²) in [5.74, 6) is 1.17. The number of nitro benzene ring substituents is 1. The van der Waals surface area contributed by atoms with E-state index in [1.165, 1.54) is 12.4 Å².